The SMILES string of the molecule is CC(C)C1CC2(CCC(OP(=O)(OCCC#N)OCCC#N)CC2)N(O)C2(CCC(OP(=O)(OCCC#N)OCCC#N)CC2)C1. The monoisotopic (exact) mass is 683 g/mol. The molecule has 1 aliphatic heterocycles. The molecular weight excluding hydrogens is 636 g/mol. The lowest BCUT2D eigenvalue weighted by Crippen LogP contribution is -2.66. The van der Waals surface area contributed by atoms with Gasteiger partial charge in [-0.15, -0.1) is 0 Å². The molecule has 256 valence electrons. The van der Waals surface area contributed by atoms with Gasteiger partial charge in [-0.2, -0.15) is 26.1 Å². The Hall–Kier alpha value is -1.90. The van der Waals surface area contributed by atoms with E-state index in [-0.39, 0.29) is 52.1 Å². The van der Waals surface area contributed by atoms with Gasteiger partial charge in [0.05, 0.1) is 88.6 Å². The van der Waals surface area contributed by atoms with E-state index in [0.717, 1.165) is 12.8 Å². The van der Waals surface area contributed by atoms with Crippen molar-refractivity contribution in [3.63, 3.8) is 0 Å². The molecule has 2 aliphatic carbocycles. The van der Waals surface area contributed by atoms with E-state index < -0.39 is 38.9 Å². The minimum Gasteiger partial charge on any atom is -0.313 e. The second kappa shape index (κ2) is 18.0. The highest BCUT2D eigenvalue weighted by atomic mass is 31.2. The minimum atomic E-state index is -3.98. The van der Waals surface area contributed by atoms with E-state index in [0.29, 0.717) is 63.2 Å². The van der Waals surface area contributed by atoms with E-state index >= 15 is 0 Å². The zero-order chi connectivity index (χ0) is 33.7. The lowest BCUT2D eigenvalue weighted by molar-refractivity contribution is -0.293. The van der Waals surface area contributed by atoms with E-state index in [1.165, 1.54) is 0 Å². The van der Waals surface area contributed by atoms with Gasteiger partial charge in [-0.25, -0.2) is 9.13 Å². The summed E-state index contributed by atoms with van der Waals surface area (Å²) >= 11 is 0. The molecule has 0 unspecified atom stereocenters. The molecule has 0 aromatic carbocycles. The molecule has 0 aromatic rings. The number of hydrogen-bond acceptors (Lipinski definition) is 14. The van der Waals surface area contributed by atoms with E-state index in [1.807, 2.05) is 24.3 Å². The van der Waals surface area contributed by atoms with Crippen LogP contribution in [0.25, 0.3) is 0 Å². The third-order valence-electron chi connectivity index (χ3n) is 9.26. The number of nitrogens with zero attached hydrogens (tertiary/aromatic N) is 5. The second-order valence-electron chi connectivity index (χ2n) is 12.6. The topological polar surface area (TPSA) is 208 Å². The molecule has 0 aromatic heterocycles. The molecule has 2 saturated carbocycles. The number of phosphoric acid groups is 2. The molecule has 14 nitrogen and oxygen atoms in total. The summed E-state index contributed by atoms with van der Waals surface area (Å²) in [4.78, 5) is 0. The molecule has 2 spiro atoms. The molecule has 0 radical (unpaired) electrons. The first-order valence-electron chi connectivity index (χ1n) is 16.1. The number of nitriles is 4. The summed E-state index contributed by atoms with van der Waals surface area (Å²) in [5.74, 6) is 0.734. The summed E-state index contributed by atoms with van der Waals surface area (Å²) in [6.07, 6.45) is 5.27. The van der Waals surface area contributed by atoms with Crippen LogP contribution in [-0.4, -0.2) is 60.0 Å². The van der Waals surface area contributed by atoms with Gasteiger partial charge in [0.2, 0.25) is 0 Å². The largest absolute Gasteiger partial charge is 0.475 e. The number of rotatable bonds is 17. The fourth-order valence-corrected chi connectivity index (χ4v) is 9.67. The molecule has 16 heteroatoms. The third kappa shape index (κ3) is 10.6. The summed E-state index contributed by atoms with van der Waals surface area (Å²) in [6.45, 7) is 3.94. The molecule has 1 saturated heterocycles. The maximum atomic E-state index is 13.3. The quantitative estimate of drug-likeness (QED) is 0.120. The van der Waals surface area contributed by atoms with Crippen LogP contribution in [0.3, 0.4) is 0 Å². The maximum absolute atomic E-state index is 13.3. The van der Waals surface area contributed by atoms with Crippen molar-refractivity contribution in [1.29, 1.82) is 21.0 Å². The summed E-state index contributed by atoms with van der Waals surface area (Å²) in [5, 5.41) is 49.0. The summed E-state index contributed by atoms with van der Waals surface area (Å²) < 4.78 is 59.8. The highest BCUT2D eigenvalue weighted by Crippen LogP contribution is 2.58. The first-order chi connectivity index (χ1) is 22.0. The van der Waals surface area contributed by atoms with Crippen molar-refractivity contribution >= 4 is 15.6 Å². The van der Waals surface area contributed by atoms with E-state index in [4.69, 9.17) is 48.2 Å². The molecule has 3 aliphatic rings. The summed E-state index contributed by atoms with van der Waals surface area (Å²) in [6, 6.07) is 7.73. The first-order valence-corrected chi connectivity index (χ1v) is 19.0. The Morgan fingerprint density at radius 3 is 1.24 bits per heavy atom. The van der Waals surface area contributed by atoms with Crippen molar-refractivity contribution in [3.05, 3.63) is 0 Å². The van der Waals surface area contributed by atoms with Crippen molar-refractivity contribution < 1.29 is 41.5 Å². The van der Waals surface area contributed by atoms with Crippen molar-refractivity contribution in [3.8, 4) is 24.3 Å². The predicted octanol–water partition coefficient (Wildman–Crippen LogP) is 7.08. The van der Waals surface area contributed by atoms with Gasteiger partial charge in [-0.05, 0) is 76.0 Å². The zero-order valence-electron chi connectivity index (χ0n) is 26.9. The molecule has 3 fully saturated rings. The molecule has 0 atom stereocenters. The van der Waals surface area contributed by atoms with Crippen molar-refractivity contribution in [1.82, 2.24) is 5.06 Å². The van der Waals surface area contributed by atoms with Gasteiger partial charge in [0.25, 0.3) is 0 Å². The van der Waals surface area contributed by atoms with Crippen LogP contribution in [0.4, 0.5) is 0 Å². The minimum absolute atomic E-state index is 0.0206. The predicted molar refractivity (Wildman–Crippen MR) is 163 cm³/mol. The number of piperidine rings is 1. The Kier molecular flexibility index (Phi) is 15.1. The van der Waals surface area contributed by atoms with Gasteiger partial charge in [0.15, 0.2) is 0 Å². The Balaban J connectivity index is 1.69. The summed E-state index contributed by atoms with van der Waals surface area (Å²) in [5.41, 5.74) is -1.02. The third-order valence-corrected chi connectivity index (χ3v) is 12.4. The Bertz CT molecular complexity index is 1100. The van der Waals surface area contributed by atoms with E-state index in [1.54, 1.807) is 5.06 Å². The zero-order valence-corrected chi connectivity index (χ0v) is 28.7. The number of hydrogen-bond donors (Lipinski definition) is 1. The fourth-order valence-electron chi connectivity index (χ4n) is 6.87. The fraction of sp³-hybridized carbons (Fsp3) is 0.867. The molecule has 46 heavy (non-hydrogen) atoms. The average molecular weight is 684 g/mol. The average Bonchev–Trinajstić information content (AvgIpc) is 3.02. The molecular formula is C30H47N5O9P2. The van der Waals surface area contributed by atoms with Crippen molar-refractivity contribution in [2.24, 2.45) is 11.8 Å². The van der Waals surface area contributed by atoms with Crippen LogP contribution in [-0.2, 0) is 36.3 Å². The normalized spacial score (nSPS) is 28.8. The lowest BCUT2D eigenvalue weighted by Gasteiger charge is -2.61. The standard InChI is InChI=1S/C30H47N5O9P2/c1-25(2)26-23-29(11-7-27(8-12-29)43-45(37,39-19-3-15-31)40-20-4-16-32)35(36)30(24-26)13-9-28(10-14-30)44-46(38,41-21-5-17-33)42-22-6-18-34/h25-28,36H,3-14,19-24H2,1-2H3. The van der Waals surface area contributed by atoms with Crippen molar-refractivity contribution in [2.75, 3.05) is 26.4 Å². The number of hydroxylamine groups is 2. The van der Waals surface area contributed by atoms with Crippen molar-refractivity contribution in [2.45, 2.75) is 127 Å². The molecule has 1 N–H and O–H groups in total. The van der Waals surface area contributed by atoms with Gasteiger partial charge in [-0.3, -0.25) is 27.1 Å². The van der Waals surface area contributed by atoms with Gasteiger partial charge in [0.1, 0.15) is 0 Å². The van der Waals surface area contributed by atoms with E-state index in [2.05, 4.69) is 13.8 Å². The maximum Gasteiger partial charge on any atom is 0.475 e. The number of phosphoric ester groups is 2. The Labute approximate surface area is 272 Å². The summed E-state index contributed by atoms with van der Waals surface area (Å²) in [7, 11) is -7.97. The first kappa shape index (κ1) is 38.5. The van der Waals surface area contributed by atoms with Gasteiger partial charge >= 0.3 is 15.6 Å². The highest BCUT2D eigenvalue weighted by Gasteiger charge is 2.57. The van der Waals surface area contributed by atoms with E-state index in [9.17, 15) is 14.3 Å². The van der Waals surface area contributed by atoms with Crippen LogP contribution in [0, 0.1) is 57.2 Å². The second-order valence-corrected chi connectivity index (χ2v) is 15.9. The molecule has 3 rings (SSSR count). The molecule has 0 bridgehead atoms. The van der Waals surface area contributed by atoms with Gasteiger partial charge in [-0.1, -0.05) is 13.8 Å². The lowest BCUT2D eigenvalue weighted by atomic mass is 9.61. The molecule has 1 heterocycles. The van der Waals surface area contributed by atoms with Crippen LogP contribution in [0.2, 0.25) is 0 Å². The van der Waals surface area contributed by atoms with Gasteiger partial charge in [0, 0.05) is 11.1 Å². The van der Waals surface area contributed by atoms with Crippen LogP contribution in [0.1, 0.15) is 104 Å². The Morgan fingerprint density at radius 2 is 0.978 bits per heavy atom. The highest BCUT2D eigenvalue weighted by molar-refractivity contribution is 7.48. The van der Waals surface area contributed by atoms with Crippen LogP contribution < -0.4 is 0 Å². The molecule has 0 amide bonds. The van der Waals surface area contributed by atoms with Crippen LogP contribution in [0.15, 0.2) is 0 Å². The van der Waals surface area contributed by atoms with Crippen LogP contribution in [0.5, 0.6) is 0 Å². The van der Waals surface area contributed by atoms with Gasteiger partial charge < -0.3 is 5.21 Å². The Morgan fingerprint density at radius 1 is 0.674 bits per heavy atom. The smallest absolute Gasteiger partial charge is 0.313 e. The van der Waals surface area contributed by atoms with Crippen LogP contribution >= 0.6 is 15.6 Å².